The van der Waals surface area contributed by atoms with Crippen LogP contribution >= 0.6 is 0 Å². The number of rotatable bonds is 3. The summed E-state index contributed by atoms with van der Waals surface area (Å²) in [6, 6.07) is 0.510. The number of nitrogens with one attached hydrogen (secondary N) is 1. The highest BCUT2D eigenvalue weighted by atomic mass is 16.3. The molecule has 0 aliphatic rings. The second-order valence-electron chi connectivity index (χ2n) is 5.63. The number of hydrogen-bond acceptors (Lipinski definition) is 2. The van der Waals surface area contributed by atoms with Crippen LogP contribution in [0, 0.1) is 5.41 Å². The van der Waals surface area contributed by atoms with E-state index in [1.165, 1.54) is 0 Å². The van der Waals surface area contributed by atoms with Gasteiger partial charge in [-0.05, 0) is 33.1 Å². The predicted molar refractivity (Wildman–Crippen MR) is 57.8 cm³/mol. The molecule has 2 unspecified atom stereocenters. The van der Waals surface area contributed by atoms with E-state index in [1.54, 1.807) is 0 Å². The Morgan fingerprint density at radius 1 is 0.923 bits per heavy atom. The van der Waals surface area contributed by atoms with Crippen LogP contribution in [0.1, 0.15) is 48.5 Å². The van der Waals surface area contributed by atoms with Gasteiger partial charge in [-0.1, -0.05) is 20.8 Å². The Labute approximate surface area is 82.7 Å². The fourth-order valence-electron chi connectivity index (χ4n) is 0.829. The van der Waals surface area contributed by atoms with Crippen LogP contribution in [0.15, 0.2) is 0 Å². The van der Waals surface area contributed by atoms with Crippen LogP contribution < -0.4 is 5.32 Å². The molecule has 0 saturated heterocycles. The van der Waals surface area contributed by atoms with E-state index >= 15 is 0 Å². The van der Waals surface area contributed by atoms with Gasteiger partial charge < -0.3 is 10.4 Å². The van der Waals surface area contributed by atoms with Crippen molar-refractivity contribution >= 4 is 0 Å². The quantitative estimate of drug-likeness (QED) is 0.709. The van der Waals surface area contributed by atoms with Crippen LogP contribution in [0.2, 0.25) is 0 Å². The molecule has 0 radical (unpaired) electrons. The summed E-state index contributed by atoms with van der Waals surface area (Å²) in [5, 5.41) is 13.1. The van der Waals surface area contributed by atoms with Crippen molar-refractivity contribution in [3.63, 3.8) is 0 Å². The molecule has 80 valence electrons. The van der Waals surface area contributed by atoms with E-state index in [-0.39, 0.29) is 11.5 Å². The van der Waals surface area contributed by atoms with Crippen LogP contribution in [0.3, 0.4) is 0 Å². The van der Waals surface area contributed by atoms with Crippen LogP contribution in [-0.4, -0.2) is 22.8 Å². The van der Waals surface area contributed by atoms with Gasteiger partial charge in [0.1, 0.15) is 0 Å². The summed E-state index contributed by atoms with van der Waals surface area (Å²) in [6.45, 7) is 14.4. The third-order valence-corrected chi connectivity index (χ3v) is 2.86. The molecule has 2 atom stereocenters. The van der Waals surface area contributed by atoms with Gasteiger partial charge in [0, 0.05) is 12.1 Å². The largest absolute Gasteiger partial charge is 0.389 e. The molecule has 0 rings (SSSR count). The Hall–Kier alpha value is -0.0800. The normalized spacial score (nSPS) is 18.5. The van der Waals surface area contributed by atoms with Gasteiger partial charge in [0.2, 0.25) is 0 Å². The highest BCUT2D eigenvalue weighted by molar-refractivity contribution is 4.85. The second kappa shape index (κ2) is 3.97. The van der Waals surface area contributed by atoms with Gasteiger partial charge in [-0.25, -0.2) is 0 Å². The minimum Gasteiger partial charge on any atom is -0.389 e. The van der Waals surface area contributed by atoms with Gasteiger partial charge in [0.25, 0.3) is 0 Å². The van der Waals surface area contributed by atoms with E-state index in [0.717, 1.165) is 0 Å². The molecule has 0 aliphatic heterocycles. The van der Waals surface area contributed by atoms with Gasteiger partial charge in [-0.15, -0.1) is 0 Å². The SMILES string of the molecule is CC(NC(C)C(C)(C)O)C(C)(C)C. The maximum Gasteiger partial charge on any atom is 0.0741 e. The van der Waals surface area contributed by atoms with Gasteiger partial charge >= 0.3 is 0 Å². The van der Waals surface area contributed by atoms with Crippen molar-refractivity contribution in [2.24, 2.45) is 5.41 Å². The third-order valence-electron chi connectivity index (χ3n) is 2.86. The molecule has 0 aliphatic carbocycles. The van der Waals surface area contributed by atoms with Gasteiger partial charge in [-0.3, -0.25) is 0 Å². The lowest BCUT2D eigenvalue weighted by Gasteiger charge is -2.35. The molecule has 0 spiro atoms. The van der Waals surface area contributed by atoms with Crippen LogP contribution in [0.25, 0.3) is 0 Å². The molecule has 0 saturated carbocycles. The molecule has 2 heteroatoms. The lowest BCUT2D eigenvalue weighted by Crippen LogP contribution is -2.51. The summed E-state index contributed by atoms with van der Waals surface area (Å²) in [6.07, 6.45) is 0. The molecule has 0 aromatic rings. The van der Waals surface area contributed by atoms with E-state index in [2.05, 4.69) is 33.0 Å². The zero-order chi connectivity index (χ0) is 10.9. The minimum absolute atomic E-state index is 0.113. The molecule has 0 aromatic heterocycles. The number of aliphatic hydroxyl groups is 1. The first kappa shape index (κ1) is 12.9. The summed E-state index contributed by atoms with van der Waals surface area (Å²) >= 11 is 0. The first-order valence-electron chi connectivity index (χ1n) is 5.03. The van der Waals surface area contributed by atoms with Crippen molar-refractivity contribution < 1.29 is 5.11 Å². The molecule has 0 bridgehead atoms. The van der Waals surface area contributed by atoms with Gasteiger partial charge in [0.15, 0.2) is 0 Å². The zero-order valence-corrected chi connectivity index (χ0v) is 10.1. The summed E-state index contributed by atoms with van der Waals surface area (Å²) in [7, 11) is 0. The molecule has 0 aromatic carbocycles. The highest BCUT2D eigenvalue weighted by Gasteiger charge is 2.27. The molecule has 2 N–H and O–H groups in total. The van der Waals surface area contributed by atoms with E-state index in [0.29, 0.717) is 6.04 Å². The first-order chi connectivity index (χ1) is 5.55. The predicted octanol–water partition coefficient (Wildman–Crippen LogP) is 2.17. The zero-order valence-electron chi connectivity index (χ0n) is 10.1. The van der Waals surface area contributed by atoms with Crippen LogP contribution in [-0.2, 0) is 0 Å². The fraction of sp³-hybridized carbons (Fsp3) is 1.00. The minimum atomic E-state index is -0.653. The first-order valence-corrected chi connectivity index (χ1v) is 5.03. The van der Waals surface area contributed by atoms with Crippen molar-refractivity contribution in [2.75, 3.05) is 0 Å². The van der Waals surface area contributed by atoms with E-state index in [9.17, 15) is 5.11 Å². The third kappa shape index (κ3) is 4.63. The van der Waals surface area contributed by atoms with Crippen LogP contribution in [0.4, 0.5) is 0 Å². The molecule has 0 fully saturated rings. The summed E-state index contributed by atoms with van der Waals surface area (Å²) in [5.41, 5.74) is -0.418. The fourth-order valence-corrected chi connectivity index (χ4v) is 0.829. The molecular formula is C11H25NO. The maximum absolute atomic E-state index is 9.74. The average molecular weight is 187 g/mol. The van der Waals surface area contributed by atoms with Gasteiger partial charge in [-0.2, -0.15) is 0 Å². The van der Waals surface area contributed by atoms with Crippen molar-refractivity contribution in [3.8, 4) is 0 Å². The smallest absolute Gasteiger partial charge is 0.0741 e. The molecule has 0 heterocycles. The summed E-state index contributed by atoms with van der Waals surface area (Å²) < 4.78 is 0. The molecule has 13 heavy (non-hydrogen) atoms. The molecule has 0 amide bonds. The Morgan fingerprint density at radius 2 is 1.31 bits per heavy atom. The Morgan fingerprint density at radius 3 is 1.54 bits per heavy atom. The van der Waals surface area contributed by atoms with E-state index < -0.39 is 5.60 Å². The monoisotopic (exact) mass is 187 g/mol. The van der Waals surface area contributed by atoms with Crippen molar-refractivity contribution in [2.45, 2.75) is 66.2 Å². The van der Waals surface area contributed by atoms with Crippen molar-refractivity contribution in [1.29, 1.82) is 0 Å². The second-order valence-corrected chi connectivity index (χ2v) is 5.63. The van der Waals surface area contributed by atoms with Crippen molar-refractivity contribution in [3.05, 3.63) is 0 Å². The Kier molecular flexibility index (Phi) is 3.95. The van der Waals surface area contributed by atoms with Gasteiger partial charge in [0.05, 0.1) is 5.60 Å². The Bertz CT molecular complexity index is 134. The molecule has 2 nitrogen and oxygen atoms in total. The molecular weight excluding hydrogens is 162 g/mol. The summed E-state index contributed by atoms with van der Waals surface area (Å²) in [5.74, 6) is 0. The van der Waals surface area contributed by atoms with Crippen LogP contribution in [0.5, 0.6) is 0 Å². The summed E-state index contributed by atoms with van der Waals surface area (Å²) in [4.78, 5) is 0. The topological polar surface area (TPSA) is 32.3 Å². The Balaban J connectivity index is 4.15. The number of hydrogen-bond donors (Lipinski definition) is 2. The average Bonchev–Trinajstić information content (AvgIpc) is 1.82. The lowest BCUT2D eigenvalue weighted by atomic mass is 9.86. The van der Waals surface area contributed by atoms with E-state index in [1.807, 2.05) is 20.8 Å². The van der Waals surface area contributed by atoms with E-state index in [4.69, 9.17) is 0 Å². The highest BCUT2D eigenvalue weighted by Crippen LogP contribution is 2.20. The lowest BCUT2D eigenvalue weighted by molar-refractivity contribution is 0.0343. The maximum atomic E-state index is 9.74. The van der Waals surface area contributed by atoms with Crippen molar-refractivity contribution in [1.82, 2.24) is 5.32 Å². The standard InChI is InChI=1S/C11H25NO/c1-8(10(3,4)5)12-9(2)11(6,7)13/h8-9,12-13H,1-7H3.